The number of nitrogens with zero attached hydrogens (tertiary/aromatic N) is 4. The number of benzene rings is 2. The summed E-state index contributed by atoms with van der Waals surface area (Å²) in [4.78, 5) is 4.19. The summed E-state index contributed by atoms with van der Waals surface area (Å²) in [5.41, 5.74) is 2.54. The number of aromatic nitrogens is 3. The summed E-state index contributed by atoms with van der Waals surface area (Å²) in [5, 5.41) is 16.5. The lowest BCUT2D eigenvalue weighted by atomic mass is 10.00. The third-order valence-electron chi connectivity index (χ3n) is 3.93. The summed E-state index contributed by atoms with van der Waals surface area (Å²) in [5.74, 6) is 0.219. The fraction of sp³-hybridized carbons (Fsp3) is 0.0556. The van der Waals surface area contributed by atoms with Crippen molar-refractivity contribution in [2.75, 3.05) is 5.32 Å². The Balaban J connectivity index is 1.85. The smallest absolute Gasteiger partial charge is 0.226 e. The molecule has 24 heavy (non-hydrogen) atoms. The molecule has 4 rings (SSSR count). The molecule has 3 aromatic rings. The van der Waals surface area contributed by atoms with E-state index in [1.165, 1.54) is 12.4 Å². The van der Waals surface area contributed by atoms with Gasteiger partial charge in [-0.3, -0.25) is 0 Å². The summed E-state index contributed by atoms with van der Waals surface area (Å²) in [6.07, 6.45) is 3.33. The van der Waals surface area contributed by atoms with Crippen LogP contribution in [-0.4, -0.2) is 14.8 Å². The van der Waals surface area contributed by atoms with Crippen molar-refractivity contribution in [3.63, 3.8) is 0 Å². The monoisotopic (exact) mass is 317 g/mol. The number of rotatable bonds is 2. The Labute approximate surface area is 137 Å². The van der Waals surface area contributed by atoms with Crippen LogP contribution in [0.15, 0.2) is 60.9 Å². The fourth-order valence-electron chi connectivity index (χ4n) is 2.80. The molecular formula is C18H12FN5. The minimum Gasteiger partial charge on any atom is -0.324 e. The highest BCUT2D eigenvalue weighted by Crippen LogP contribution is 2.32. The second-order valence-electron chi connectivity index (χ2n) is 5.40. The minimum atomic E-state index is -0.311. The molecule has 0 bridgehead atoms. The Morgan fingerprint density at radius 3 is 2.88 bits per heavy atom. The predicted molar refractivity (Wildman–Crippen MR) is 87.3 cm³/mol. The van der Waals surface area contributed by atoms with Gasteiger partial charge in [-0.05, 0) is 35.9 Å². The SMILES string of the molecule is N#Cc1cccc([C@H]2C=C(c3ccccc3F)Nc3ncnn32)c1. The topological polar surface area (TPSA) is 66.5 Å². The summed E-state index contributed by atoms with van der Waals surface area (Å²) in [6.45, 7) is 0. The maximum absolute atomic E-state index is 14.2. The Bertz CT molecular complexity index is 983. The van der Waals surface area contributed by atoms with Crippen molar-refractivity contribution < 1.29 is 4.39 Å². The molecule has 1 atom stereocenters. The van der Waals surface area contributed by atoms with Crippen LogP contribution in [0.3, 0.4) is 0 Å². The number of fused-ring (bicyclic) bond motifs is 1. The Kier molecular flexibility index (Phi) is 3.32. The van der Waals surface area contributed by atoms with E-state index in [1.54, 1.807) is 35.0 Å². The van der Waals surface area contributed by atoms with Crippen molar-refractivity contribution in [1.29, 1.82) is 5.26 Å². The van der Waals surface area contributed by atoms with Gasteiger partial charge in [0.2, 0.25) is 5.95 Å². The first-order valence-corrected chi connectivity index (χ1v) is 7.39. The van der Waals surface area contributed by atoms with Crippen LogP contribution < -0.4 is 5.32 Å². The molecule has 0 amide bonds. The molecule has 0 fully saturated rings. The van der Waals surface area contributed by atoms with E-state index in [0.717, 1.165) is 5.56 Å². The van der Waals surface area contributed by atoms with Crippen LogP contribution in [0.4, 0.5) is 10.3 Å². The van der Waals surface area contributed by atoms with Crippen molar-refractivity contribution in [3.05, 3.63) is 83.4 Å². The number of allylic oxidation sites excluding steroid dienone is 1. The van der Waals surface area contributed by atoms with Gasteiger partial charge in [0.25, 0.3) is 0 Å². The zero-order valence-corrected chi connectivity index (χ0v) is 12.5. The maximum atomic E-state index is 14.2. The standard InChI is InChI=1S/C18H12FN5/c19-15-7-2-1-6-14(15)16-9-17(24-18(23-16)21-11-22-24)13-5-3-4-12(8-13)10-20/h1-9,11,17H,(H,21,22,23)/t17-/m1/s1. The van der Waals surface area contributed by atoms with Gasteiger partial charge in [0.1, 0.15) is 18.2 Å². The highest BCUT2D eigenvalue weighted by atomic mass is 19.1. The van der Waals surface area contributed by atoms with E-state index in [4.69, 9.17) is 5.26 Å². The highest BCUT2D eigenvalue weighted by Gasteiger charge is 2.24. The average molecular weight is 317 g/mol. The van der Waals surface area contributed by atoms with Gasteiger partial charge in [0, 0.05) is 11.3 Å². The number of halogens is 1. The second-order valence-corrected chi connectivity index (χ2v) is 5.40. The van der Waals surface area contributed by atoms with Crippen LogP contribution in [0.25, 0.3) is 5.70 Å². The molecule has 1 aliphatic rings. The van der Waals surface area contributed by atoms with E-state index in [0.29, 0.717) is 22.8 Å². The predicted octanol–water partition coefficient (Wildman–Crippen LogP) is 3.34. The highest BCUT2D eigenvalue weighted by molar-refractivity contribution is 5.77. The van der Waals surface area contributed by atoms with E-state index in [2.05, 4.69) is 21.5 Å². The van der Waals surface area contributed by atoms with Gasteiger partial charge in [0.05, 0.1) is 11.6 Å². The lowest BCUT2D eigenvalue weighted by molar-refractivity contribution is 0.606. The van der Waals surface area contributed by atoms with Crippen LogP contribution in [0.5, 0.6) is 0 Å². The number of hydrogen-bond acceptors (Lipinski definition) is 4. The zero-order valence-electron chi connectivity index (χ0n) is 12.5. The molecule has 0 saturated heterocycles. The quantitative estimate of drug-likeness (QED) is 0.787. The van der Waals surface area contributed by atoms with Crippen molar-refractivity contribution in [1.82, 2.24) is 14.8 Å². The molecule has 0 spiro atoms. The van der Waals surface area contributed by atoms with Crippen LogP contribution in [0.1, 0.15) is 22.7 Å². The normalized spacial score (nSPS) is 15.8. The third-order valence-corrected chi connectivity index (χ3v) is 3.93. The van der Waals surface area contributed by atoms with Crippen LogP contribution in [0.2, 0.25) is 0 Å². The molecule has 1 aromatic heterocycles. The van der Waals surface area contributed by atoms with Gasteiger partial charge >= 0.3 is 0 Å². The van der Waals surface area contributed by atoms with Crippen LogP contribution in [0, 0.1) is 17.1 Å². The summed E-state index contributed by atoms with van der Waals surface area (Å²) in [7, 11) is 0. The van der Waals surface area contributed by atoms with E-state index in [-0.39, 0.29) is 11.9 Å². The summed E-state index contributed by atoms with van der Waals surface area (Å²) < 4.78 is 15.9. The molecule has 2 aromatic carbocycles. The molecule has 2 heterocycles. The van der Waals surface area contributed by atoms with Gasteiger partial charge in [-0.2, -0.15) is 15.3 Å². The molecule has 0 aliphatic carbocycles. The van der Waals surface area contributed by atoms with E-state index in [1.807, 2.05) is 18.2 Å². The van der Waals surface area contributed by atoms with Crippen molar-refractivity contribution >= 4 is 11.6 Å². The Morgan fingerprint density at radius 1 is 1.17 bits per heavy atom. The van der Waals surface area contributed by atoms with Crippen LogP contribution in [-0.2, 0) is 0 Å². The lowest BCUT2D eigenvalue weighted by Crippen LogP contribution is -2.20. The van der Waals surface area contributed by atoms with Gasteiger partial charge < -0.3 is 5.32 Å². The molecule has 1 N–H and O–H groups in total. The average Bonchev–Trinajstić information content (AvgIpc) is 3.10. The van der Waals surface area contributed by atoms with E-state index in [9.17, 15) is 4.39 Å². The Morgan fingerprint density at radius 2 is 2.04 bits per heavy atom. The van der Waals surface area contributed by atoms with Crippen molar-refractivity contribution in [3.8, 4) is 6.07 Å². The third kappa shape index (κ3) is 2.32. The van der Waals surface area contributed by atoms with Gasteiger partial charge in [-0.15, -0.1) is 0 Å². The first-order chi connectivity index (χ1) is 11.8. The number of hydrogen-bond donors (Lipinski definition) is 1. The van der Waals surface area contributed by atoms with Gasteiger partial charge in [0.15, 0.2) is 0 Å². The minimum absolute atomic E-state index is 0.272. The molecule has 0 saturated carbocycles. The maximum Gasteiger partial charge on any atom is 0.226 e. The Hall–Kier alpha value is -3.46. The molecule has 0 radical (unpaired) electrons. The molecule has 1 aliphatic heterocycles. The van der Waals surface area contributed by atoms with Crippen molar-refractivity contribution in [2.24, 2.45) is 0 Å². The summed E-state index contributed by atoms with van der Waals surface area (Å²) >= 11 is 0. The molecule has 6 heteroatoms. The molecule has 5 nitrogen and oxygen atoms in total. The number of anilines is 1. The molecular weight excluding hydrogens is 305 g/mol. The summed E-state index contributed by atoms with van der Waals surface area (Å²) in [6, 6.07) is 15.7. The van der Waals surface area contributed by atoms with E-state index >= 15 is 0 Å². The number of nitrogens with one attached hydrogen (secondary N) is 1. The first-order valence-electron chi connectivity index (χ1n) is 7.39. The van der Waals surface area contributed by atoms with E-state index < -0.39 is 0 Å². The van der Waals surface area contributed by atoms with Crippen LogP contribution >= 0.6 is 0 Å². The van der Waals surface area contributed by atoms with Crippen molar-refractivity contribution in [2.45, 2.75) is 6.04 Å². The molecule has 116 valence electrons. The first kappa shape index (κ1) is 14.2. The van der Waals surface area contributed by atoms with Gasteiger partial charge in [-0.25, -0.2) is 9.07 Å². The number of nitriles is 1. The van der Waals surface area contributed by atoms with Gasteiger partial charge in [-0.1, -0.05) is 24.3 Å². The second kappa shape index (κ2) is 5.63. The lowest BCUT2D eigenvalue weighted by Gasteiger charge is -2.24. The zero-order chi connectivity index (χ0) is 16.5. The largest absolute Gasteiger partial charge is 0.324 e. The fourth-order valence-corrected chi connectivity index (χ4v) is 2.80. The molecule has 0 unspecified atom stereocenters.